The van der Waals surface area contributed by atoms with Gasteiger partial charge in [0.1, 0.15) is 5.82 Å². The maximum absolute atomic E-state index is 13.1. The van der Waals surface area contributed by atoms with Crippen LogP contribution in [-0.4, -0.2) is 42.9 Å². The molecule has 4 rings (SSSR count). The Morgan fingerprint density at radius 2 is 2.00 bits per heavy atom. The molecule has 1 aliphatic rings. The third-order valence-corrected chi connectivity index (χ3v) is 5.25. The molecule has 1 aliphatic heterocycles. The third-order valence-electron chi connectivity index (χ3n) is 5.25. The van der Waals surface area contributed by atoms with E-state index in [0.717, 1.165) is 37.9 Å². The number of hydrogen-bond acceptors (Lipinski definition) is 5. The molecule has 7 nitrogen and oxygen atoms in total. The van der Waals surface area contributed by atoms with E-state index in [4.69, 9.17) is 5.73 Å². The van der Waals surface area contributed by atoms with E-state index in [9.17, 15) is 4.79 Å². The number of piperidine rings is 1. The van der Waals surface area contributed by atoms with Crippen molar-refractivity contribution in [3.05, 3.63) is 60.9 Å². The zero-order valence-corrected chi connectivity index (χ0v) is 15.7. The summed E-state index contributed by atoms with van der Waals surface area (Å²) in [7, 11) is 0. The van der Waals surface area contributed by atoms with E-state index in [0.29, 0.717) is 17.1 Å². The van der Waals surface area contributed by atoms with Crippen molar-refractivity contribution in [3.8, 4) is 11.3 Å². The largest absolute Gasteiger partial charge is 0.382 e. The van der Waals surface area contributed by atoms with Gasteiger partial charge in [-0.3, -0.25) is 9.78 Å². The normalized spacial score (nSPS) is 16.9. The van der Waals surface area contributed by atoms with Crippen molar-refractivity contribution in [3.63, 3.8) is 0 Å². The lowest BCUT2D eigenvalue weighted by Crippen LogP contribution is -2.44. The van der Waals surface area contributed by atoms with Gasteiger partial charge >= 0.3 is 0 Å². The third kappa shape index (κ3) is 4.03. The Hall–Kier alpha value is -3.22. The summed E-state index contributed by atoms with van der Waals surface area (Å²) in [6.07, 6.45) is 13.0. The second kappa shape index (κ2) is 8.21. The Bertz CT molecular complexity index is 922. The highest BCUT2D eigenvalue weighted by atomic mass is 16.2. The fourth-order valence-electron chi connectivity index (χ4n) is 3.75. The molecule has 7 heteroatoms. The number of aryl methyl sites for hydroxylation is 1. The minimum atomic E-state index is 0.0977. The summed E-state index contributed by atoms with van der Waals surface area (Å²) >= 11 is 0. The van der Waals surface area contributed by atoms with Gasteiger partial charge in [0.15, 0.2) is 0 Å². The number of amides is 1. The van der Waals surface area contributed by atoms with E-state index in [1.807, 2.05) is 41.7 Å². The molecule has 0 aliphatic carbocycles. The molecular weight excluding hydrogens is 352 g/mol. The second-order valence-electron chi connectivity index (χ2n) is 7.14. The second-order valence-corrected chi connectivity index (χ2v) is 7.14. The smallest absolute Gasteiger partial charge is 0.254 e. The molecule has 1 amide bonds. The van der Waals surface area contributed by atoms with Crippen LogP contribution in [0, 0.1) is 0 Å². The Labute approximate surface area is 164 Å². The average Bonchev–Trinajstić information content (AvgIpc) is 3.26. The first-order valence-corrected chi connectivity index (χ1v) is 9.65. The maximum atomic E-state index is 13.1. The van der Waals surface area contributed by atoms with Gasteiger partial charge in [-0.25, -0.2) is 9.97 Å². The van der Waals surface area contributed by atoms with Crippen LogP contribution in [0.3, 0.4) is 0 Å². The predicted octanol–water partition coefficient (Wildman–Crippen LogP) is 3.01. The van der Waals surface area contributed by atoms with Gasteiger partial charge in [0.2, 0.25) is 0 Å². The van der Waals surface area contributed by atoms with Crippen molar-refractivity contribution < 1.29 is 4.79 Å². The molecular formula is C21H24N6O. The fraction of sp³-hybridized carbons (Fsp3) is 0.333. The Morgan fingerprint density at radius 1 is 1.14 bits per heavy atom. The Kier molecular flexibility index (Phi) is 5.32. The van der Waals surface area contributed by atoms with Gasteiger partial charge < -0.3 is 15.2 Å². The summed E-state index contributed by atoms with van der Waals surface area (Å²) in [6, 6.07) is 7.80. The van der Waals surface area contributed by atoms with Crippen LogP contribution in [0.2, 0.25) is 0 Å². The molecule has 1 saturated heterocycles. The monoisotopic (exact) mass is 376 g/mol. The first-order valence-electron chi connectivity index (χ1n) is 9.65. The molecule has 0 bridgehead atoms. The number of nitrogens with two attached hydrogens (primary N) is 1. The number of aromatic nitrogens is 4. The summed E-state index contributed by atoms with van der Waals surface area (Å²) in [5.41, 5.74) is 8.01. The molecule has 0 saturated carbocycles. The fourth-order valence-corrected chi connectivity index (χ4v) is 3.75. The summed E-state index contributed by atoms with van der Waals surface area (Å²) < 4.78 is 2.07. The lowest BCUT2D eigenvalue weighted by atomic mass is 9.97. The summed E-state index contributed by atoms with van der Waals surface area (Å²) in [6.45, 7) is 1.69. The molecule has 0 radical (unpaired) electrons. The van der Waals surface area contributed by atoms with E-state index in [-0.39, 0.29) is 11.9 Å². The molecule has 28 heavy (non-hydrogen) atoms. The molecule has 2 N–H and O–H groups in total. The van der Waals surface area contributed by atoms with Gasteiger partial charge in [-0.1, -0.05) is 12.1 Å². The van der Waals surface area contributed by atoms with Crippen LogP contribution < -0.4 is 5.73 Å². The Morgan fingerprint density at radius 3 is 2.75 bits per heavy atom. The molecule has 1 atom stereocenters. The minimum Gasteiger partial charge on any atom is -0.382 e. The minimum absolute atomic E-state index is 0.0977. The summed E-state index contributed by atoms with van der Waals surface area (Å²) in [4.78, 5) is 27.6. The topological polar surface area (TPSA) is 89.9 Å². The number of anilines is 1. The van der Waals surface area contributed by atoms with Gasteiger partial charge in [-0.2, -0.15) is 0 Å². The lowest BCUT2D eigenvalue weighted by Gasteiger charge is -2.36. The lowest BCUT2D eigenvalue weighted by molar-refractivity contribution is 0.0595. The Balaban J connectivity index is 1.47. The zero-order valence-electron chi connectivity index (χ0n) is 15.7. The molecule has 1 fully saturated rings. The van der Waals surface area contributed by atoms with Crippen LogP contribution >= 0.6 is 0 Å². The van der Waals surface area contributed by atoms with Gasteiger partial charge in [0, 0.05) is 42.7 Å². The van der Waals surface area contributed by atoms with E-state index in [1.54, 1.807) is 12.4 Å². The number of nitrogen functional groups attached to an aromatic ring is 1. The average molecular weight is 376 g/mol. The van der Waals surface area contributed by atoms with Crippen molar-refractivity contribution in [1.82, 2.24) is 24.4 Å². The maximum Gasteiger partial charge on any atom is 0.254 e. The molecule has 1 unspecified atom stereocenters. The van der Waals surface area contributed by atoms with E-state index >= 15 is 0 Å². The highest BCUT2D eigenvalue weighted by Crippen LogP contribution is 2.24. The van der Waals surface area contributed by atoms with Crippen LogP contribution in [0.4, 0.5) is 5.82 Å². The first-order chi connectivity index (χ1) is 13.7. The van der Waals surface area contributed by atoms with Crippen molar-refractivity contribution >= 4 is 11.7 Å². The zero-order chi connectivity index (χ0) is 19.3. The summed E-state index contributed by atoms with van der Waals surface area (Å²) in [5.74, 6) is 0.479. The van der Waals surface area contributed by atoms with Crippen molar-refractivity contribution in [2.75, 3.05) is 12.3 Å². The molecule has 0 spiro atoms. The number of benzene rings is 1. The summed E-state index contributed by atoms with van der Waals surface area (Å²) in [5, 5.41) is 0. The number of hydrogen-bond donors (Lipinski definition) is 1. The number of nitrogens with zero attached hydrogens (tertiary/aromatic N) is 5. The molecule has 3 aromatic rings. The van der Waals surface area contributed by atoms with Gasteiger partial charge in [-0.15, -0.1) is 0 Å². The standard InChI is InChI=1S/C21H24N6O/c22-20-14-24-13-19(25-20)16-4-6-17(7-5-16)21(28)27-10-2-1-3-18(27)8-11-26-12-9-23-15-26/h4-7,9,12-15,18H,1-3,8,10-11H2,(H2,22,25). The van der Waals surface area contributed by atoms with Crippen LogP contribution in [0.5, 0.6) is 0 Å². The van der Waals surface area contributed by atoms with E-state index in [1.165, 1.54) is 12.6 Å². The molecule has 144 valence electrons. The van der Waals surface area contributed by atoms with Gasteiger partial charge in [0.05, 0.1) is 24.4 Å². The first kappa shape index (κ1) is 18.2. The van der Waals surface area contributed by atoms with Crippen molar-refractivity contribution in [2.45, 2.75) is 38.3 Å². The SMILES string of the molecule is Nc1cncc(-c2ccc(C(=O)N3CCCCC3CCn3ccnc3)cc2)n1. The predicted molar refractivity (Wildman–Crippen MR) is 107 cm³/mol. The van der Waals surface area contributed by atoms with Gasteiger partial charge in [0.25, 0.3) is 5.91 Å². The van der Waals surface area contributed by atoms with Crippen LogP contribution in [0.25, 0.3) is 11.3 Å². The number of imidazole rings is 1. The van der Waals surface area contributed by atoms with E-state index in [2.05, 4.69) is 19.5 Å². The highest BCUT2D eigenvalue weighted by Gasteiger charge is 2.27. The highest BCUT2D eigenvalue weighted by molar-refractivity contribution is 5.95. The number of likely N-dealkylation sites (tertiary alicyclic amines) is 1. The van der Waals surface area contributed by atoms with Crippen LogP contribution in [0.15, 0.2) is 55.4 Å². The quantitative estimate of drug-likeness (QED) is 0.739. The van der Waals surface area contributed by atoms with Crippen molar-refractivity contribution in [1.29, 1.82) is 0 Å². The van der Waals surface area contributed by atoms with E-state index < -0.39 is 0 Å². The van der Waals surface area contributed by atoms with Crippen molar-refractivity contribution in [2.24, 2.45) is 0 Å². The molecule has 2 aromatic heterocycles. The number of rotatable bonds is 5. The number of carbonyl (C=O) groups excluding carboxylic acids is 1. The molecule has 3 heterocycles. The molecule has 1 aromatic carbocycles. The van der Waals surface area contributed by atoms with Crippen LogP contribution in [-0.2, 0) is 6.54 Å². The van der Waals surface area contributed by atoms with Gasteiger partial charge in [-0.05, 0) is 37.8 Å². The van der Waals surface area contributed by atoms with Crippen LogP contribution in [0.1, 0.15) is 36.0 Å². The number of carbonyl (C=O) groups is 1.